The number of aromatic carboxylic acids is 1. The summed E-state index contributed by atoms with van der Waals surface area (Å²) in [6, 6.07) is 10.9. The molecule has 0 radical (unpaired) electrons. The summed E-state index contributed by atoms with van der Waals surface area (Å²) in [6.45, 7) is 4.96. The lowest BCUT2D eigenvalue weighted by atomic mass is 10.00. The molecule has 0 saturated carbocycles. The standard InChI is InChI=1S/C29H35N3O5/c1-6-12-30-28(34)19(2)14-20-7-10-25-24(15-20)23(18-32(25)13-11-27(33)31(3)4)16-21-8-9-22(29(35)36)17-26(21)37-5/h7-10,14-15,17-18H,6,11-13,16H2,1-5H3,(H,30,34)(H,35,36). The van der Waals surface area contributed by atoms with Gasteiger partial charge in [0, 0.05) is 62.7 Å². The molecule has 2 N–H and O–H groups in total. The number of rotatable bonds is 11. The number of amides is 2. The van der Waals surface area contributed by atoms with Crippen molar-refractivity contribution < 1.29 is 24.2 Å². The molecule has 0 bridgehead atoms. The second-order valence-corrected chi connectivity index (χ2v) is 9.25. The van der Waals surface area contributed by atoms with Crippen molar-refractivity contribution in [3.8, 4) is 5.75 Å². The first-order chi connectivity index (χ1) is 17.6. The number of carbonyl (C=O) groups excluding carboxylic acids is 2. The van der Waals surface area contributed by atoms with Crippen molar-refractivity contribution in [3.05, 3.63) is 70.4 Å². The van der Waals surface area contributed by atoms with Gasteiger partial charge in [0.15, 0.2) is 0 Å². The molecule has 1 heterocycles. The van der Waals surface area contributed by atoms with Crippen LogP contribution in [0.25, 0.3) is 17.0 Å². The molecule has 0 atom stereocenters. The van der Waals surface area contributed by atoms with Gasteiger partial charge in [-0.25, -0.2) is 4.79 Å². The average molecular weight is 506 g/mol. The molecule has 8 nitrogen and oxygen atoms in total. The van der Waals surface area contributed by atoms with Crippen LogP contribution in [0.5, 0.6) is 5.75 Å². The molecule has 0 aliphatic rings. The van der Waals surface area contributed by atoms with Gasteiger partial charge >= 0.3 is 5.97 Å². The highest BCUT2D eigenvalue weighted by atomic mass is 16.5. The van der Waals surface area contributed by atoms with Crippen LogP contribution in [0.1, 0.15) is 53.7 Å². The van der Waals surface area contributed by atoms with E-state index in [9.17, 15) is 19.5 Å². The highest BCUT2D eigenvalue weighted by Gasteiger charge is 2.15. The van der Waals surface area contributed by atoms with E-state index in [1.54, 1.807) is 38.1 Å². The zero-order valence-electron chi connectivity index (χ0n) is 22.1. The molecule has 3 rings (SSSR count). The number of benzene rings is 2. The van der Waals surface area contributed by atoms with Gasteiger partial charge < -0.3 is 24.6 Å². The number of carboxylic acids is 1. The van der Waals surface area contributed by atoms with Gasteiger partial charge in [0.1, 0.15) is 5.75 Å². The Morgan fingerprint density at radius 3 is 2.51 bits per heavy atom. The lowest BCUT2D eigenvalue weighted by Crippen LogP contribution is -2.24. The number of carbonyl (C=O) groups is 3. The van der Waals surface area contributed by atoms with E-state index in [-0.39, 0.29) is 17.4 Å². The lowest BCUT2D eigenvalue weighted by Gasteiger charge is -2.11. The topological polar surface area (TPSA) is 101 Å². The fourth-order valence-corrected chi connectivity index (χ4v) is 4.17. The number of aromatic nitrogens is 1. The Bertz CT molecular complexity index is 1340. The minimum Gasteiger partial charge on any atom is -0.496 e. The Hall–Kier alpha value is -4.07. The van der Waals surface area contributed by atoms with Crippen LogP contribution in [0, 0.1) is 0 Å². The highest BCUT2D eigenvalue weighted by molar-refractivity contribution is 5.98. The third-order valence-corrected chi connectivity index (χ3v) is 6.24. The zero-order valence-corrected chi connectivity index (χ0v) is 22.1. The van der Waals surface area contributed by atoms with Crippen LogP contribution in [0.15, 0.2) is 48.2 Å². The minimum absolute atomic E-state index is 0.0441. The van der Waals surface area contributed by atoms with Gasteiger partial charge in [-0.3, -0.25) is 9.59 Å². The van der Waals surface area contributed by atoms with Gasteiger partial charge in [-0.05, 0) is 60.4 Å². The Morgan fingerprint density at radius 2 is 1.86 bits per heavy atom. The second-order valence-electron chi connectivity index (χ2n) is 9.25. The summed E-state index contributed by atoms with van der Waals surface area (Å²) < 4.78 is 7.56. The average Bonchev–Trinajstić information content (AvgIpc) is 3.22. The monoisotopic (exact) mass is 505 g/mol. The molecule has 0 saturated heterocycles. The van der Waals surface area contributed by atoms with Crippen molar-refractivity contribution in [2.45, 2.75) is 39.7 Å². The van der Waals surface area contributed by atoms with E-state index in [1.807, 2.05) is 37.4 Å². The Morgan fingerprint density at radius 1 is 1.11 bits per heavy atom. The highest BCUT2D eigenvalue weighted by Crippen LogP contribution is 2.30. The molecule has 0 spiro atoms. The number of hydrogen-bond donors (Lipinski definition) is 2. The summed E-state index contributed by atoms with van der Waals surface area (Å²) in [6.07, 6.45) is 5.65. The Labute approximate surface area is 217 Å². The van der Waals surface area contributed by atoms with Crippen LogP contribution in [0.4, 0.5) is 0 Å². The first-order valence-electron chi connectivity index (χ1n) is 12.3. The van der Waals surface area contributed by atoms with E-state index in [1.165, 1.54) is 13.2 Å². The van der Waals surface area contributed by atoms with Gasteiger partial charge in [-0.15, -0.1) is 0 Å². The van der Waals surface area contributed by atoms with Crippen molar-refractivity contribution in [1.29, 1.82) is 0 Å². The van der Waals surface area contributed by atoms with E-state index in [4.69, 9.17) is 4.74 Å². The summed E-state index contributed by atoms with van der Waals surface area (Å²) in [5.41, 5.74) is 4.52. The third-order valence-electron chi connectivity index (χ3n) is 6.24. The van der Waals surface area contributed by atoms with Gasteiger partial charge in [0.05, 0.1) is 12.7 Å². The van der Waals surface area contributed by atoms with Crippen LogP contribution in [0.2, 0.25) is 0 Å². The normalized spacial score (nSPS) is 11.4. The number of nitrogens with zero attached hydrogens (tertiary/aromatic N) is 2. The second kappa shape index (κ2) is 12.3. The van der Waals surface area contributed by atoms with Crippen LogP contribution in [-0.4, -0.2) is 60.1 Å². The molecule has 1 aromatic heterocycles. The third kappa shape index (κ3) is 6.78. The van der Waals surface area contributed by atoms with Crippen LogP contribution >= 0.6 is 0 Å². The first-order valence-corrected chi connectivity index (χ1v) is 12.3. The van der Waals surface area contributed by atoms with E-state index in [0.717, 1.165) is 34.0 Å². The molecule has 2 amide bonds. The molecular weight excluding hydrogens is 470 g/mol. The molecule has 3 aromatic rings. The minimum atomic E-state index is -1.01. The van der Waals surface area contributed by atoms with E-state index >= 15 is 0 Å². The Balaban J connectivity index is 2.03. The fourth-order valence-electron chi connectivity index (χ4n) is 4.17. The predicted octanol–water partition coefficient (Wildman–Crippen LogP) is 4.35. The number of hydrogen-bond acceptors (Lipinski definition) is 4. The molecular formula is C29H35N3O5. The van der Waals surface area contributed by atoms with E-state index in [0.29, 0.717) is 37.3 Å². The summed E-state index contributed by atoms with van der Waals surface area (Å²) >= 11 is 0. The van der Waals surface area contributed by atoms with Crippen LogP contribution < -0.4 is 10.1 Å². The van der Waals surface area contributed by atoms with Crippen molar-refractivity contribution in [2.75, 3.05) is 27.7 Å². The largest absolute Gasteiger partial charge is 0.496 e. The molecule has 0 aliphatic heterocycles. The molecule has 8 heteroatoms. The van der Waals surface area contributed by atoms with Crippen LogP contribution in [-0.2, 0) is 22.6 Å². The molecule has 37 heavy (non-hydrogen) atoms. The number of ether oxygens (including phenoxy) is 1. The fraction of sp³-hybridized carbons (Fsp3) is 0.345. The predicted molar refractivity (Wildman–Crippen MR) is 145 cm³/mol. The molecule has 0 unspecified atom stereocenters. The number of aryl methyl sites for hydroxylation is 1. The van der Waals surface area contributed by atoms with Gasteiger partial charge in [0.25, 0.3) is 0 Å². The zero-order chi connectivity index (χ0) is 27.1. The number of methoxy groups -OCH3 is 1. The van der Waals surface area contributed by atoms with Crippen molar-refractivity contribution in [2.24, 2.45) is 0 Å². The first kappa shape index (κ1) is 27.5. The van der Waals surface area contributed by atoms with Crippen LogP contribution in [0.3, 0.4) is 0 Å². The SMILES string of the molecule is CCCNC(=O)C(C)=Cc1ccc2c(c1)c(Cc1ccc(C(=O)O)cc1OC)cn2CCC(=O)N(C)C. The van der Waals surface area contributed by atoms with E-state index < -0.39 is 5.97 Å². The van der Waals surface area contributed by atoms with Crippen molar-refractivity contribution >= 4 is 34.8 Å². The molecule has 196 valence electrons. The Kier molecular flexibility index (Phi) is 9.11. The summed E-state index contributed by atoms with van der Waals surface area (Å²) in [5, 5.41) is 13.2. The molecule has 0 fully saturated rings. The van der Waals surface area contributed by atoms with Gasteiger partial charge in [-0.1, -0.05) is 19.1 Å². The smallest absolute Gasteiger partial charge is 0.335 e. The molecule has 0 aliphatic carbocycles. The van der Waals surface area contributed by atoms with E-state index in [2.05, 4.69) is 9.88 Å². The van der Waals surface area contributed by atoms with Gasteiger partial charge in [-0.2, -0.15) is 0 Å². The maximum atomic E-state index is 12.4. The summed E-state index contributed by atoms with van der Waals surface area (Å²) in [4.78, 5) is 37.6. The maximum absolute atomic E-state index is 12.4. The van der Waals surface area contributed by atoms with Crippen molar-refractivity contribution in [3.63, 3.8) is 0 Å². The number of carboxylic acid groups (broad SMARTS) is 1. The number of fused-ring (bicyclic) bond motifs is 1. The maximum Gasteiger partial charge on any atom is 0.335 e. The quantitative estimate of drug-likeness (QED) is 0.378. The van der Waals surface area contributed by atoms with Crippen molar-refractivity contribution in [1.82, 2.24) is 14.8 Å². The summed E-state index contributed by atoms with van der Waals surface area (Å²) in [5.74, 6) is -0.558. The summed E-state index contributed by atoms with van der Waals surface area (Å²) in [7, 11) is 5.01. The van der Waals surface area contributed by atoms with Gasteiger partial charge in [0.2, 0.25) is 11.8 Å². The lowest BCUT2D eigenvalue weighted by molar-refractivity contribution is -0.128. The molecule has 2 aromatic carbocycles. The number of nitrogens with one attached hydrogen (secondary N) is 1.